The van der Waals surface area contributed by atoms with Gasteiger partial charge in [-0.3, -0.25) is 5.41 Å². The molecule has 19 heavy (non-hydrogen) atoms. The summed E-state index contributed by atoms with van der Waals surface area (Å²) in [5.74, 6) is 0.849. The van der Waals surface area contributed by atoms with E-state index in [4.69, 9.17) is 15.9 Å². The highest BCUT2D eigenvalue weighted by atomic mass is 16.5. The predicted molar refractivity (Wildman–Crippen MR) is 74.5 cm³/mol. The third-order valence-corrected chi connectivity index (χ3v) is 2.88. The Morgan fingerprint density at radius 3 is 3.00 bits per heavy atom. The van der Waals surface area contributed by atoms with E-state index in [1.807, 2.05) is 35.9 Å². The lowest BCUT2D eigenvalue weighted by molar-refractivity contribution is 0.300. The first-order valence-electron chi connectivity index (χ1n) is 6.20. The lowest BCUT2D eigenvalue weighted by atomic mass is 10.1. The van der Waals surface area contributed by atoms with Crippen molar-refractivity contribution in [3.05, 3.63) is 48.0 Å². The summed E-state index contributed by atoms with van der Waals surface area (Å²) in [6, 6.07) is 5.56. The molecule has 0 bridgehead atoms. The van der Waals surface area contributed by atoms with Crippen LogP contribution < -0.4 is 10.5 Å². The van der Waals surface area contributed by atoms with Gasteiger partial charge in [0.15, 0.2) is 0 Å². The molecule has 5 heteroatoms. The average molecular weight is 258 g/mol. The number of hydrogen-bond acceptors (Lipinski definition) is 3. The van der Waals surface area contributed by atoms with Gasteiger partial charge in [-0.1, -0.05) is 12.1 Å². The molecule has 3 N–H and O–H groups in total. The van der Waals surface area contributed by atoms with Crippen LogP contribution >= 0.6 is 0 Å². The van der Waals surface area contributed by atoms with Gasteiger partial charge in [0.05, 0.1) is 12.9 Å². The third kappa shape index (κ3) is 3.58. The van der Waals surface area contributed by atoms with Gasteiger partial charge in [0, 0.05) is 24.5 Å². The summed E-state index contributed by atoms with van der Waals surface area (Å²) in [5.41, 5.74) is 7.21. The zero-order valence-electron chi connectivity index (χ0n) is 11.0. The van der Waals surface area contributed by atoms with Crippen LogP contribution in [0.2, 0.25) is 0 Å². The topological polar surface area (TPSA) is 76.9 Å². The SMILES string of the molecule is Cc1ccc(C(=N)N)cc1OCCCn1ccnc1. The van der Waals surface area contributed by atoms with Crippen molar-refractivity contribution in [3.8, 4) is 5.75 Å². The van der Waals surface area contributed by atoms with Gasteiger partial charge in [-0.15, -0.1) is 0 Å². The lowest BCUT2D eigenvalue weighted by Crippen LogP contribution is -2.11. The molecule has 2 aromatic rings. The maximum Gasteiger partial charge on any atom is 0.122 e. The Kier molecular flexibility index (Phi) is 4.18. The third-order valence-electron chi connectivity index (χ3n) is 2.88. The molecule has 2 rings (SSSR count). The standard InChI is InChI=1S/C14H18N4O/c1-11-3-4-12(14(15)16)9-13(11)19-8-2-6-18-7-5-17-10-18/h3-5,7,9-10H,2,6,8H2,1H3,(H3,15,16). The summed E-state index contributed by atoms with van der Waals surface area (Å²) >= 11 is 0. The van der Waals surface area contributed by atoms with E-state index in [-0.39, 0.29) is 5.84 Å². The molecule has 0 saturated heterocycles. The predicted octanol–water partition coefficient (Wildman–Crippen LogP) is 1.94. The number of hydrogen-bond donors (Lipinski definition) is 2. The van der Waals surface area contributed by atoms with E-state index >= 15 is 0 Å². The number of aryl methyl sites for hydroxylation is 2. The number of amidine groups is 1. The van der Waals surface area contributed by atoms with Crippen molar-refractivity contribution in [2.24, 2.45) is 5.73 Å². The highest BCUT2D eigenvalue weighted by Crippen LogP contribution is 2.19. The van der Waals surface area contributed by atoms with Crippen LogP contribution in [0, 0.1) is 12.3 Å². The molecule has 0 spiro atoms. The van der Waals surface area contributed by atoms with Crippen molar-refractivity contribution < 1.29 is 4.74 Å². The van der Waals surface area contributed by atoms with Gasteiger partial charge < -0.3 is 15.0 Å². The van der Waals surface area contributed by atoms with E-state index in [1.165, 1.54) is 0 Å². The number of aromatic nitrogens is 2. The zero-order chi connectivity index (χ0) is 13.7. The molecule has 5 nitrogen and oxygen atoms in total. The number of nitrogens with two attached hydrogens (primary N) is 1. The molecule has 0 unspecified atom stereocenters. The number of rotatable bonds is 6. The number of benzene rings is 1. The van der Waals surface area contributed by atoms with Crippen LogP contribution in [0.4, 0.5) is 0 Å². The van der Waals surface area contributed by atoms with Crippen LogP contribution in [-0.4, -0.2) is 22.0 Å². The number of imidazole rings is 1. The summed E-state index contributed by atoms with van der Waals surface area (Å²) in [6.45, 7) is 3.49. The Balaban J connectivity index is 1.88. The van der Waals surface area contributed by atoms with Crippen molar-refractivity contribution in [2.75, 3.05) is 6.61 Å². The van der Waals surface area contributed by atoms with Gasteiger partial charge in [-0.2, -0.15) is 0 Å². The molecular formula is C14H18N4O. The van der Waals surface area contributed by atoms with Crippen LogP contribution in [0.15, 0.2) is 36.9 Å². The van der Waals surface area contributed by atoms with Crippen LogP contribution in [-0.2, 0) is 6.54 Å². The van der Waals surface area contributed by atoms with Gasteiger partial charge in [-0.25, -0.2) is 4.98 Å². The first kappa shape index (κ1) is 13.1. The minimum atomic E-state index is 0.0586. The van der Waals surface area contributed by atoms with Gasteiger partial charge in [0.2, 0.25) is 0 Å². The summed E-state index contributed by atoms with van der Waals surface area (Å²) in [5, 5.41) is 7.42. The lowest BCUT2D eigenvalue weighted by Gasteiger charge is -2.10. The van der Waals surface area contributed by atoms with Crippen molar-refractivity contribution in [1.82, 2.24) is 9.55 Å². The molecule has 100 valence electrons. The van der Waals surface area contributed by atoms with E-state index in [1.54, 1.807) is 12.5 Å². The maximum absolute atomic E-state index is 7.42. The van der Waals surface area contributed by atoms with Crippen LogP contribution in [0.25, 0.3) is 0 Å². The molecule has 0 fully saturated rings. The molecule has 1 aromatic carbocycles. The van der Waals surface area contributed by atoms with Crippen LogP contribution in [0.1, 0.15) is 17.5 Å². The Morgan fingerprint density at radius 1 is 1.47 bits per heavy atom. The Morgan fingerprint density at radius 2 is 2.32 bits per heavy atom. The molecule has 0 aliphatic heterocycles. The number of nitrogen functional groups attached to an aromatic ring is 1. The van der Waals surface area contributed by atoms with E-state index in [0.717, 1.165) is 24.3 Å². The number of ether oxygens (including phenoxy) is 1. The summed E-state index contributed by atoms with van der Waals surface area (Å²) < 4.78 is 7.76. The fourth-order valence-corrected chi connectivity index (χ4v) is 1.77. The highest BCUT2D eigenvalue weighted by Gasteiger charge is 2.03. The Hall–Kier alpha value is -2.30. The molecule has 0 saturated carbocycles. The second-order valence-electron chi connectivity index (χ2n) is 4.40. The van der Waals surface area contributed by atoms with E-state index < -0.39 is 0 Å². The molecule has 0 radical (unpaired) electrons. The molecule has 1 heterocycles. The summed E-state index contributed by atoms with van der Waals surface area (Å²) in [6.07, 6.45) is 6.39. The smallest absolute Gasteiger partial charge is 0.122 e. The normalized spacial score (nSPS) is 10.4. The minimum absolute atomic E-state index is 0.0586. The Bertz CT molecular complexity index is 549. The van der Waals surface area contributed by atoms with Crippen molar-refractivity contribution >= 4 is 5.84 Å². The number of nitrogens with one attached hydrogen (secondary N) is 1. The first-order chi connectivity index (χ1) is 9.16. The van der Waals surface area contributed by atoms with Crippen LogP contribution in [0.5, 0.6) is 5.75 Å². The average Bonchev–Trinajstić information content (AvgIpc) is 2.89. The second-order valence-corrected chi connectivity index (χ2v) is 4.40. The highest BCUT2D eigenvalue weighted by molar-refractivity contribution is 5.95. The molecule has 0 atom stereocenters. The molecule has 0 aliphatic rings. The largest absolute Gasteiger partial charge is 0.493 e. The van der Waals surface area contributed by atoms with Gasteiger partial charge in [0.25, 0.3) is 0 Å². The molecule has 0 amide bonds. The molecule has 1 aromatic heterocycles. The fraction of sp³-hybridized carbons (Fsp3) is 0.286. The van der Waals surface area contributed by atoms with Crippen LogP contribution in [0.3, 0.4) is 0 Å². The van der Waals surface area contributed by atoms with Gasteiger partial charge >= 0.3 is 0 Å². The second kappa shape index (κ2) is 6.04. The molecular weight excluding hydrogens is 240 g/mol. The molecule has 0 aliphatic carbocycles. The van der Waals surface area contributed by atoms with Crippen molar-refractivity contribution in [3.63, 3.8) is 0 Å². The zero-order valence-corrected chi connectivity index (χ0v) is 11.0. The summed E-state index contributed by atoms with van der Waals surface area (Å²) in [7, 11) is 0. The van der Waals surface area contributed by atoms with E-state index in [2.05, 4.69) is 4.98 Å². The number of nitrogens with zero attached hydrogens (tertiary/aromatic N) is 2. The van der Waals surface area contributed by atoms with E-state index in [9.17, 15) is 0 Å². The maximum atomic E-state index is 7.42. The van der Waals surface area contributed by atoms with Crippen molar-refractivity contribution in [1.29, 1.82) is 5.41 Å². The monoisotopic (exact) mass is 258 g/mol. The summed E-state index contributed by atoms with van der Waals surface area (Å²) in [4.78, 5) is 3.99. The van der Waals surface area contributed by atoms with Gasteiger partial charge in [-0.05, 0) is 25.0 Å². The van der Waals surface area contributed by atoms with E-state index in [0.29, 0.717) is 12.2 Å². The van der Waals surface area contributed by atoms with Gasteiger partial charge in [0.1, 0.15) is 11.6 Å². The fourth-order valence-electron chi connectivity index (χ4n) is 1.77. The van der Waals surface area contributed by atoms with Crippen molar-refractivity contribution in [2.45, 2.75) is 19.9 Å². The first-order valence-corrected chi connectivity index (χ1v) is 6.20. The quantitative estimate of drug-likeness (QED) is 0.472. The minimum Gasteiger partial charge on any atom is -0.493 e. The Labute approximate surface area is 112 Å².